The highest BCUT2D eigenvalue weighted by molar-refractivity contribution is 8.24. The number of fused-ring (bicyclic) bond motifs is 2. The van der Waals surface area contributed by atoms with E-state index >= 15 is 0 Å². The summed E-state index contributed by atoms with van der Waals surface area (Å²) in [5.41, 5.74) is 0. The van der Waals surface area contributed by atoms with Crippen LogP contribution >= 0.6 is 59.7 Å². The van der Waals surface area contributed by atoms with Gasteiger partial charge in [-0.15, -0.1) is 0 Å². The van der Waals surface area contributed by atoms with Crippen LogP contribution in [0.1, 0.15) is 53.4 Å². The van der Waals surface area contributed by atoms with E-state index in [4.69, 9.17) is 33.9 Å². The molecule has 0 aromatic carbocycles. The van der Waals surface area contributed by atoms with Gasteiger partial charge >= 0.3 is 0 Å². The maximum Gasteiger partial charge on any atom is 0.220 e. The molecule has 2 aliphatic heterocycles. The minimum Gasteiger partial charge on any atom is -0.476 e. The molecule has 2 heterocycles. The minimum atomic E-state index is 0.174. The van der Waals surface area contributed by atoms with Crippen LogP contribution in [0.2, 0.25) is 0 Å². The minimum absolute atomic E-state index is 0.174. The topological polar surface area (TPSA) is 18.5 Å². The van der Waals surface area contributed by atoms with E-state index < -0.39 is 0 Å². The average Bonchev–Trinajstić information content (AvgIpc) is 2.43. The molecule has 0 spiro atoms. The van der Waals surface area contributed by atoms with Crippen molar-refractivity contribution in [3.05, 3.63) is 0 Å². The van der Waals surface area contributed by atoms with E-state index in [2.05, 4.69) is 11.8 Å². The summed E-state index contributed by atoms with van der Waals surface area (Å²) in [6.45, 7) is 8.12. The SMILES string of the molecule is CC(C)OC(=S)SC1CCC2SC1CCC2SC(=S)OC(C)C. The van der Waals surface area contributed by atoms with Gasteiger partial charge in [0.1, 0.15) is 0 Å². The van der Waals surface area contributed by atoms with E-state index in [0.29, 0.717) is 29.8 Å². The molecule has 2 rings (SSSR count). The molecule has 0 aromatic rings. The zero-order valence-corrected chi connectivity index (χ0v) is 18.2. The van der Waals surface area contributed by atoms with E-state index in [1.54, 1.807) is 23.5 Å². The molecule has 0 radical (unpaired) electrons. The fourth-order valence-corrected chi connectivity index (χ4v) is 8.43. The van der Waals surface area contributed by atoms with E-state index in [1.807, 2.05) is 27.7 Å². The lowest BCUT2D eigenvalue weighted by Crippen LogP contribution is -2.40. The second-order valence-corrected chi connectivity index (χ2v) is 11.7. The van der Waals surface area contributed by atoms with Gasteiger partial charge in [-0.2, -0.15) is 11.8 Å². The fourth-order valence-electron chi connectivity index (χ4n) is 2.89. The molecule has 2 bridgehead atoms. The van der Waals surface area contributed by atoms with Gasteiger partial charge in [0, 0.05) is 21.0 Å². The lowest BCUT2D eigenvalue weighted by atomic mass is 9.98. The molecule has 0 aromatic heterocycles. The standard InChI is InChI=1S/C16H26O2S5/c1-9(2)17-15(19)22-13-7-5-12-14(8-6-11(13)21-12)23-16(20)18-10(3)4/h9-14H,5-8H2,1-4H3. The van der Waals surface area contributed by atoms with E-state index in [0.717, 1.165) is 0 Å². The van der Waals surface area contributed by atoms with Crippen molar-refractivity contribution in [3.63, 3.8) is 0 Å². The van der Waals surface area contributed by atoms with Crippen LogP contribution in [0, 0.1) is 0 Å². The quantitative estimate of drug-likeness (QED) is 0.549. The lowest BCUT2D eigenvalue weighted by molar-refractivity contribution is 0.242. The monoisotopic (exact) mass is 410 g/mol. The summed E-state index contributed by atoms with van der Waals surface area (Å²) in [5.74, 6) is 0. The first-order valence-corrected chi connectivity index (χ1v) is 11.8. The predicted octanol–water partition coefficient (Wildman–Crippen LogP) is 5.67. The summed E-state index contributed by atoms with van der Waals surface area (Å²) >= 11 is 16.4. The summed E-state index contributed by atoms with van der Waals surface area (Å²) in [6.07, 6.45) is 5.28. The highest BCUT2D eigenvalue weighted by Crippen LogP contribution is 2.49. The van der Waals surface area contributed by atoms with Crippen molar-refractivity contribution in [2.75, 3.05) is 0 Å². The Labute approximate surface area is 164 Å². The Bertz CT molecular complexity index is 389. The van der Waals surface area contributed by atoms with Crippen molar-refractivity contribution >= 4 is 68.5 Å². The molecule has 2 nitrogen and oxygen atoms in total. The molecule has 2 saturated heterocycles. The second-order valence-electron chi connectivity index (χ2n) is 6.51. The smallest absolute Gasteiger partial charge is 0.220 e. The number of thiocarbonyl (C=S) groups is 2. The van der Waals surface area contributed by atoms with Crippen LogP contribution in [0.15, 0.2) is 0 Å². The van der Waals surface area contributed by atoms with Crippen LogP contribution in [-0.4, -0.2) is 42.0 Å². The molecule has 132 valence electrons. The Hall–Kier alpha value is 0.830. The van der Waals surface area contributed by atoms with Crippen molar-refractivity contribution in [1.29, 1.82) is 0 Å². The second kappa shape index (κ2) is 9.51. The molecule has 4 unspecified atom stereocenters. The van der Waals surface area contributed by atoms with Gasteiger partial charge in [-0.25, -0.2) is 0 Å². The van der Waals surface area contributed by atoms with Gasteiger partial charge < -0.3 is 9.47 Å². The highest BCUT2D eigenvalue weighted by Gasteiger charge is 2.40. The number of hydrogen-bond acceptors (Lipinski definition) is 7. The van der Waals surface area contributed by atoms with E-state index in [-0.39, 0.29) is 12.2 Å². The molecule has 0 saturated carbocycles. The Kier molecular flexibility index (Phi) is 8.33. The first-order chi connectivity index (χ1) is 10.8. The van der Waals surface area contributed by atoms with Gasteiger partial charge in [-0.1, -0.05) is 23.5 Å². The van der Waals surface area contributed by atoms with E-state index in [9.17, 15) is 0 Å². The normalized spacial score (nSPS) is 30.3. The van der Waals surface area contributed by atoms with Gasteiger partial charge in [0.2, 0.25) is 8.77 Å². The van der Waals surface area contributed by atoms with Gasteiger partial charge in [0.05, 0.1) is 12.2 Å². The number of rotatable bonds is 4. The summed E-state index contributed by atoms with van der Waals surface area (Å²) in [4.78, 5) is 0. The van der Waals surface area contributed by atoms with Crippen LogP contribution in [0.5, 0.6) is 0 Å². The van der Waals surface area contributed by atoms with Gasteiger partial charge in [-0.05, 0) is 77.8 Å². The largest absolute Gasteiger partial charge is 0.476 e. The molecule has 0 amide bonds. The maximum absolute atomic E-state index is 5.65. The Morgan fingerprint density at radius 2 is 1.22 bits per heavy atom. The summed E-state index contributed by atoms with van der Waals surface area (Å²) < 4.78 is 12.7. The molecular weight excluding hydrogens is 385 g/mol. The van der Waals surface area contributed by atoms with Gasteiger partial charge in [0.25, 0.3) is 0 Å². The molecule has 2 aliphatic rings. The van der Waals surface area contributed by atoms with Crippen LogP contribution in [0.4, 0.5) is 0 Å². The van der Waals surface area contributed by atoms with Crippen LogP contribution < -0.4 is 0 Å². The van der Waals surface area contributed by atoms with Crippen molar-refractivity contribution in [1.82, 2.24) is 0 Å². The third-order valence-corrected chi connectivity index (χ3v) is 9.06. The Morgan fingerprint density at radius 1 is 0.826 bits per heavy atom. The number of ether oxygens (including phenoxy) is 2. The van der Waals surface area contributed by atoms with Crippen molar-refractivity contribution in [2.24, 2.45) is 0 Å². The van der Waals surface area contributed by atoms with Gasteiger partial charge in [0.15, 0.2) is 0 Å². The molecule has 23 heavy (non-hydrogen) atoms. The van der Waals surface area contributed by atoms with Crippen LogP contribution in [0.25, 0.3) is 0 Å². The third-order valence-electron chi connectivity index (χ3n) is 3.81. The molecule has 2 fully saturated rings. The molecule has 7 heteroatoms. The van der Waals surface area contributed by atoms with Crippen molar-refractivity contribution < 1.29 is 9.47 Å². The van der Waals surface area contributed by atoms with Crippen LogP contribution in [-0.2, 0) is 9.47 Å². The van der Waals surface area contributed by atoms with Crippen molar-refractivity contribution in [3.8, 4) is 0 Å². The van der Waals surface area contributed by atoms with Crippen molar-refractivity contribution in [2.45, 2.75) is 86.6 Å². The first-order valence-electron chi connectivity index (χ1n) is 8.25. The molecule has 0 N–H and O–H groups in total. The highest BCUT2D eigenvalue weighted by atomic mass is 32.2. The van der Waals surface area contributed by atoms with Gasteiger partial charge in [-0.3, -0.25) is 0 Å². The maximum atomic E-state index is 5.65. The fraction of sp³-hybridized carbons (Fsp3) is 0.875. The van der Waals surface area contributed by atoms with E-state index in [1.165, 1.54) is 25.7 Å². The lowest BCUT2D eigenvalue weighted by Gasteiger charge is -2.43. The molecular formula is C16H26O2S5. The van der Waals surface area contributed by atoms with Crippen LogP contribution in [0.3, 0.4) is 0 Å². The zero-order valence-electron chi connectivity index (χ0n) is 14.2. The molecule has 0 aliphatic carbocycles. The Balaban J connectivity index is 1.81. The predicted molar refractivity (Wildman–Crippen MR) is 114 cm³/mol. The summed E-state index contributed by atoms with van der Waals surface area (Å²) in [5, 5.41) is 2.60. The summed E-state index contributed by atoms with van der Waals surface area (Å²) in [6, 6.07) is 0. The average molecular weight is 411 g/mol. The molecule has 4 atom stereocenters. The number of thioether (sulfide) groups is 3. The number of hydrogen-bond donors (Lipinski definition) is 0. The zero-order chi connectivity index (χ0) is 17.0. The summed E-state index contributed by atoms with van der Waals surface area (Å²) in [7, 11) is 0. The Morgan fingerprint density at radius 3 is 1.57 bits per heavy atom. The third kappa shape index (κ3) is 6.57. The first kappa shape index (κ1) is 20.1.